The molecule has 0 saturated carbocycles. The fourth-order valence-corrected chi connectivity index (χ4v) is 2.53. The lowest BCUT2D eigenvalue weighted by Gasteiger charge is -2.25. The van der Waals surface area contributed by atoms with E-state index in [1.165, 1.54) is 12.1 Å². The molecule has 0 bridgehead atoms. The van der Waals surface area contributed by atoms with Gasteiger partial charge in [-0.05, 0) is 42.8 Å². The van der Waals surface area contributed by atoms with Gasteiger partial charge in [-0.15, -0.1) is 0 Å². The third kappa shape index (κ3) is 5.54. The average Bonchev–Trinajstić information content (AvgIpc) is 2.64. The minimum Gasteiger partial charge on any atom is -0.478 e. The van der Waals surface area contributed by atoms with Crippen LogP contribution in [0.5, 0.6) is 0 Å². The number of nitrogens with zero attached hydrogens (tertiary/aromatic N) is 1. The fraction of sp³-hybridized carbons (Fsp3) is 0.190. The number of benzene rings is 2. The lowest BCUT2D eigenvalue weighted by Crippen LogP contribution is -2.31. The Balaban J connectivity index is 0.000000194. The first-order chi connectivity index (χ1) is 12.8. The third-order valence-corrected chi connectivity index (χ3v) is 4.05. The summed E-state index contributed by atoms with van der Waals surface area (Å²) < 4.78 is 0. The van der Waals surface area contributed by atoms with Crippen LogP contribution in [-0.2, 0) is 4.79 Å². The van der Waals surface area contributed by atoms with Crippen molar-refractivity contribution in [2.75, 3.05) is 11.4 Å². The molecule has 0 fully saturated rings. The summed E-state index contributed by atoms with van der Waals surface area (Å²) in [6.45, 7) is 4.07. The molecule has 2 aromatic carbocycles. The number of carboxylic acids is 2. The van der Waals surface area contributed by atoms with Gasteiger partial charge in [0, 0.05) is 17.8 Å². The number of aryl methyl sites for hydroxylation is 1. The van der Waals surface area contributed by atoms with Gasteiger partial charge in [-0.25, -0.2) is 9.59 Å². The zero-order valence-corrected chi connectivity index (χ0v) is 15.1. The highest BCUT2D eigenvalue weighted by atomic mass is 16.4. The number of para-hydroxylation sites is 1. The van der Waals surface area contributed by atoms with Gasteiger partial charge in [-0.1, -0.05) is 31.2 Å². The topological polar surface area (TPSA) is 94.9 Å². The summed E-state index contributed by atoms with van der Waals surface area (Å²) in [5.41, 5.74) is 1.69. The van der Waals surface area contributed by atoms with Crippen molar-refractivity contribution in [3.63, 3.8) is 0 Å². The van der Waals surface area contributed by atoms with Crippen LogP contribution in [0.2, 0.25) is 0 Å². The summed E-state index contributed by atoms with van der Waals surface area (Å²) >= 11 is 0. The monoisotopic (exact) mass is 367 g/mol. The van der Waals surface area contributed by atoms with E-state index in [9.17, 15) is 14.4 Å². The van der Waals surface area contributed by atoms with Crippen molar-refractivity contribution in [3.05, 3.63) is 77.5 Å². The maximum atomic E-state index is 11.5. The Bertz CT molecular complexity index is 841. The van der Waals surface area contributed by atoms with E-state index in [0.717, 1.165) is 11.8 Å². The molecule has 1 atom stereocenters. The van der Waals surface area contributed by atoms with E-state index in [1.807, 2.05) is 54.4 Å². The van der Waals surface area contributed by atoms with Gasteiger partial charge < -0.3 is 15.1 Å². The Morgan fingerprint density at radius 3 is 2.04 bits per heavy atom. The molecule has 3 rings (SSSR count). The van der Waals surface area contributed by atoms with Crippen LogP contribution < -0.4 is 4.90 Å². The summed E-state index contributed by atoms with van der Waals surface area (Å²) in [6.07, 6.45) is 3.93. The molecule has 140 valence electrons. The number of carbonyl (C=O) groups excluding carboxylic acids is 1. The van der Waals surface area contributed by atoms with Crippen LogP contribution >= 0.6 is 0 Å². The van der Waals surface area contributed by atoms with Gasteiger partial charge in [0.2, 0.25) is 0 Å². The highest BCUT2D eigenvalue weighted by molar-refractivity contribution is 5.94. The number of anilines is 1. The molecule has 0 radical (unpaired) electrons. The molecule has 1 unspecified atom stereocenters. The SMILES string of the molecule is CC1C=CN(c2ccccc2)CC1=O.Cc1cc(C(=O)O)cc(C(=O)O)c1. The predicted molar refractivity (Wildman–Crippen MR) is 102 cm³/mol. The van der Waals surface area contributed by atoms with Gasteiger partial charge in [-0.3, -0.25) is 4.79 Å². The highest BCUT2D eigenvalue weighted by Crippen LogP contribution is 2.18. The molecule has 1 aliphatic rings. The zero-order valence-electron chi connectivity index (χ0n) is 15.1. The lowest BCUT2D eigenvalue weighted by molar-refractivity contribution is -0.119. The summed E-state index contributed by atoms with van der Waals surface area (Å²) in [7, 11) is 0. The van der Waals surface area contributed by atoms with Gasteiger partial charge in [0.15, 0.2) is 5.78 Å². The minimum absolute atomic E-state index is 0.00241. The van der Waals surface area contributed by atoms with Gasteiger partial charge in [0.25, 0.3) is 0 Å². The number of ketones is 1. The summed E-state index contributed by atoms with van der Waals surface area (Å²) in [5.74, 6) is -1.90. The molecule has 2 aromatic rings. The van der Waals surface area contributed by atoms with E-state index in [2.05, 4.69) is 0 Å². The molecule has 1 aliphatic heterocycles. The average molecular weight is 367 g/mol. The van der Waals surface area contributed by atoms with E-state index in [0.29, 0.717) is 12.1 Å². The molecule has 1 heterocycles. The highest BCUT2D eigenvalue weighted by Gasteiger charge is 2.18. The third-order valence-electron chi connectivity index (χ3n) is 4.05. The van der Waals surface area contributed by atoms with Crippen LogP contribution in [0.3, 0.4) is 0 Å². The van der Waals surface area contributed by atoms with Crippen LogP contribution in [0.4, 0.5) is 5.69 Å². The van der Waals surface area contributed by atoms with Crippen molar-refractivity contribution in [1.29, 1.82) is 0 Å². The Morgan fingerprint density at radius 1 is 1.00 bits per heavy atom. The van der Waals surface area contributed by atoms with Crippen molar-refractivity contribution < 1.29 is 24.6 Å². The lowest BCUT2D eigenvalue weighted by atomic mass is 10.0. The van der Waals surface area contributed by atoms with Gasteiger partial charge in [0.05, 0.1) is 17.7 Å². The smallest absolute Gasteiger partial charge is 0.335 e. The van der Waals surface area contributed by atoms with Gasteiger partial charge in [0.1, 0.15) is 0 Å². The second-order valence-corrected chi connectivity index (χ2v) is 6.26. The molecule has 2 N–H and O–H groups in total. The van der Waals surface area contributed by atoms with Gasteiger partial charge >= 0.3 is 11.9 Å². The molecule has 0 spiro atoms. The number of allylic oxidation sites excluding steroid dienone is 1. The molecule has 6 nitrogen and oxygen atoms in total. The van der Waals surface area contributed by atoms with E-state index >= 15 is 0 Å². The van der Waals surface area contributed by atoms with Crippen LogP contribution in [-0.4, -0.2) is 34.5 Å². The normalized spacial score (nSPS) is 15.7. The Morgan fingerprint density at radius 2 is 1.56 bits per heavy atom. The van der Waals surface area contributed by atoms with Crippen LogP contribution in [0, 0.1) is 12.8 Å². The Kier molecular flexibility index (Phi) is 6.49. The van der Waals surface area contributed by atoms with E-state index in [1.54, 1.807) is 6.92 Å². The quantitative estimate of drug-likeness (QED) is 0.860. The Hall–Kier alpha value is -3.41. The first-order valence-corrected chi connectivity index (χ1v) is 8.39. The number of carboxylic acid groups (broad SMARTS) is 2. The predicted octanol–water partition coefficient (Wildman–Crippen LogP) is 3.62. The molecule has 0 saturated heterocycles. The molecule has 0 amide bonds. The summed E-state index contributed by atoms with van der Waals surface area (Å²) in [5, 5.41) is 17.2. The standard InChI is InChI=1S/C12H13NO.C9H8O4/c1-10-7-8-13(9-12(10)14)11-5-3-2-4-6-11;1-5-2-6(8(10)11)4-7(3-5)9(12)13/h2-8,10H,9H2,1H3;2-4H,1H3,(H,10,11)(H,12,13). The second-order valence-electron chi connectivity index (χ2n) is 6.26. The zero-order chi connectivity index (χ0) is 20.0. The molecule has 27 heavy (non-hydrogen) atoms. The molecule has 0 aromatic heterocycles. The number of aromatic carboxylic acids is 2. The number of hydrogen-bond donors (Lipinski definition) is 2. The molecule has 6 heteroatoms. The first-order valence-electron chi connectivity index (χ1n) is 8.39. The molecule has 0 aliphatic carbocycles. The maximum absolute atomic E-state index is 11.5. The van der Waals surface area contributed by atoms with Crippen molar-refractivity contribution in [1.82, 2.24) is 0 Å². The van der Waals surface area contributed by atoms with E-state index < -0.39 is 11.9 Å². The number of rotatable bonds is 3. The van der Waals surface area contributed by atoms with Crippen molar-refractivity contribution >= 4 is 23.4 Å². The summed E-state index contributed by atoms with van der Waals surface area (Å²) in [4.78, 5) is 34.5. The fourth-order valence-electron chi connectivity index (χ4n) is 2.53. The van der Waals surface area contributed by atoms with Crippen LogP contribution in [0.1, 0.15) is 33.2 Å². The number of carbonyl (C=O) groups is 3. The molecular weight excluding hydrogens is 346 g/mol. The largest absolute Gasteiger partial charge is 0.478 e. The van der Waals surface area contributed by atoms with Crippen LogP contribution in [0.25, 0.3) is 0 Å². The number of hydrogen-bond acceptors (Lipinski definition) is 4. The second kappa shape index (κ2) is 8.80. The first kappa shape index (κ1) is 19.9. The van der Waals surface area contributed by atoms with Crippen molar-refractivity contribution in [2.45, 2.75) is 13.8 Å². The maximum Gasteiger partial charge on any atom is 0.335 e. The Labute approximate surface area is 157 Å². The van der Waals surface area contributed by atoms with Crippen molar-refractivity contribution in [2.24, 2.45) is 5.92 Å². The minimum atomic E-state index is -1.12. The molecular formula is C21H21NO5. The van der Waals surface area contributed by atoms with E-state index in [4.69, 9.17) is 10.2 Å². The number of Topliss-reactive ketones (excluding diaryl/α,β-unsaturated/α-hetero) is 1. The van der Waals surface area contributed by atoms with Crippen molar-refractivity contribution in [3.8, 4) is 0 Å². The van der Waals surface area contributed by atoms with Crippen LogP contribution in [0.15, 0.2) is 60.8 Å². The van der Waals surface area contributed by atoms with Gasteiger partial charge in [-0.2, -0.15) is 0 Å². The van der Waals surface area contributed by atoms with E-state index in [-0.39, 0.29) is 22.8 Å². The summed E-state index contributed by atoms with van der Waals surface area (Å²) in [6, 6.07) is 13.9.